The summed E-state index contributed by atoms with van der Waals surface area (Å²) in [4.78, 5) is 13.6. The van der Waals surface area contributed by atoms with Gasteiger partial charge in [-0.05, 0) is 43.7 Å². The van der Waals surface area contributed by atoms with Gasteiger partial charge in [-0.15, -0.1) is 0 Å². The van der Waals surface area contributed by atoms with Crippen LogP contribution in [0.5, 0.6) is 0 Å². The molecule has 0 saturated carbocycles. The molecule has 1 heterocycles. The van der Waals surface area contributed by atoms with E-state index in [9.17, 15) is 13.2 Å². The smallest absolute Gasteiger partial charge is 0.408 e. The number of benzene rings is 2. The standard InChI is InChI=1S/C15H14N2O4S/c1-9-3-5-12(10(2)7-9)17-22(19,20)11-4-6-14-13(8-11)16-15(18)21-14/h3-8,17H,1-2H3,(H,16,18). The van der Waals surface area contributed by atoms with Gasteiger partial charge in [0.05, 0.1) is 16.1 Å². The van der Waals surface area contributed by atoms with Crippen molar-refractivity contribution in [3.63, 3.8) is 0 Å². The molecule has 0 atom stereocenters. The molecule has 6 nitrogen and oxygen atoms in total. The second kappa shape index (κ2) is 5.03. The van der Waals surface area contributed by atoms with Crippen molar-refractivity contribution >= 4 is 26.8 Å². The lowest BCUT2D eigenvalue weighted by Gasteiger charge is -2.11. The number of aryl methyl sites for hydroxylation is 2. The molecule has 0 aliphatic rings. The van der Waals surface area contributed by atoms with E-state index in [4.69, 9.17) is 4.42 Å². The van der Waals surface area contributed by atoms with Gasteiger partial charge in [0.25, 0.3) is 10.0 Å². The molecule has 7 heteroatoms. The van der Waals surface area contributed by atoms with E-state index in [1.54, 1.807) is 6.07 Å². The van der Waals surface area contributed by atoms with Crippen molar-refractivity contribution in [1.82, 2.24) is 4.98 Å². The highest BCUT2D eigenvalue weighted by molar-refractivity contribution is 7.92. The first-order valence-electron chi connectivity index (χ1n) is 6.58. The Morgan fingerprint density at radius 1 is 1.09 bits per heavy atom. The summed E-state index contributed by atoms with van der Waals surface area (Å²) in [5.74, 6) is -0.619. The summed E-state index contributed by atoms with van der Waals surface area (Å²) >= 11 is 0. The van der Waals surface area contributed by atoms with Crippen LogP contribution in [0.4, 0.5) is 5.69 Å². The molecule has 114 valence electrons. The Bertz CT molecular complexity index is 1020. The Kier molecular flexibility index (Phi) is 3.29. The van der Waals surface area contributed by atoms with E-state index in [2.05, 4.69) is 9.71 Å². The Labute approximate surface area is 126 Å². The second-order valence-corrected chi connectivity index (χ2v) is 6.78. The van der Waals surface area contributed by atoms with Crippen molar-refractivity contribution in [3.8, 4) is 0 Å². The van der Waals surface area contributed by atoms with E-state index >= 15 is 0 Å². The van der Waals surface area contributed by atoms with Gasteiger partial charge in [0.1, 0.15) is 0 Å². The molecule has 22 heavy (non-hydrogen) atoms. The number of fused-ring (bicyclic) bond motifs is 1. The molecule has 0 unspecified atom stereocenters. The van der Waals surface area contributed by atoms with Gasteiger partial charge in [0.2, 0.25) is 0 Å². The molecular weight excluding hydrogens is 304 g/mol. The fourth-order valence-corrected chi connectivity index (χ4v) is 3.39. The van der Waals surface area contributed by atoms with Crippen LogP contribution in [0.25, 0.3) is 11.1 Å². The van der Waals surface area contributed by atoms with Crippen molar-refractivity contribution in [2.45, 2.75) is 18.7 Å². The zero-order valence-corrected chi connectivity index (χ0v) is 12.8. The number of aromatic amines is 1. The number of hydrogen-bond donors (Lipinski definition) is 2. The first-order valence-corrected chi connectivity index (χ1v) is 8.06. The number of hydrogen-bond acceptors (Lipinski definition) is 4. The lowest BCUT2D eigenvalue weighted by atomic mass is 10.1. The number of anilines is 1. The van der Waals surface area contributed by atoms with Gasteiger partial charge >= 0.3 is 5.76 Å². The second-order valence-electron chi connectivity index (χ2n) is 5.10. The van der Waals surface area contributed by atoms with Gasteiger partial charge in [0, 0.05) is 0 Å². The molecule has 0 fully saturated rings. The number of sulfonamides is 1. The molecule has 0 amide bonds. The minimum atomic E-state index is -3.74. The van der Waals surface area contributed by atoms with Gasteiger partial charge in [0.15, 0.2) is 5.58 Å². The summed E-state index contributed by atoms with van der Waals surface area (Å²) in [5, 5.41) is 0. The van der Waals surface area contributed by atoms with Gasteiger partial charge in [-0.2, -0.15) is 0 Å². The van der Waals surface area contributed by atoms with E-state index in [0.29, 0.717) is 16.8 Å². The summed E-state index contributed by atoms with van der Waals surface area (Å²) < 4.78 is 32.3. The monoisotopic (exact) mass is 318 g/mol. The average Bonchev–Trinajstić information content (AvgIpc) is 2.81. The number of nitrogens with one attached hydrogen (secondary N) is 2. The zero-order chi connectivity index (χ0) is 15.9. The largest absolute Gasteiger partial charge is 0.417 e. The average molecular weight is 318 g/mol. The van der Waals surface area contributed by atoms with Crippen LogP contribution in [0.3, 0.4) is 0 Å². The Balaban J connectivity index is 2.01. The lowest BCUT2D eigenvalue weighted by Crippen LogP contribution is -2.13. The highest BCUT2D eigenvalue weighted by atomic mass is 32.2. The fraction of sp³-hybridized carbons (Fsp3) is 0.133. The molecule has 0 radical (unpaired) electrons. The van der Waals surface area contributed by atoms with Crippen molar-refractivity contribution < 1.29 is 12.8 Å². The topological polar surface area (TPSA) is 92.2 Å². The van der Waals surface area contributed by atoms with E-state index in [1.165, 1.54) is 18.2 Å². The van der Waals surface area contributed by atoms with Crippen LogP contribution in [-0.2, 0) is 10.0 Å². The molecule has 0 bridgehead atoms. The fourth-order valence-electron chi connectivity index (χ4n) is 2.23. The lowest BCUT2D eigenvalue weighted by molar-refractivity contribution is 0.555. The van der Waals surface area contributed by atoms with E-state index in [1.807, 2.05) is 26.0 Å². The maximum absolute atomic E-state index is 12.5. The predicted octanol–water partition coefficient (Wildman–Crippen LogP) is 2.54. The highest BCUT2D eigenvalue weighted by Gasteiger charge is 2.17. The third kappa shape index (κ3) is 2.62. The number of oxazole rings is 1. The van der Waals surface area contributed by atoms with E-state index in [-0.39, 0.29) is 4.90 Å². The Hall–Kier alpha value is -2.54. The van der Waals surface area contributed by atoms with Gasteiger partial charge in [-0.1, -0.05) is 17.7 Å². The van der Waals surface area contributed by atoms with Gasteiger partial charge < -0.3 is 4.42 Å². The molecule has 0 spiro atoms. The maximum atomic E-state index is 12.5. The highest BCUT2D eigenvalue weighted by Crippen LogP contribution is 2.22. The third-order valence-electron chi connectivity index (χ3n) is 3.33. The molecule has 3 rings (SSSR count). The van der Waals surface area contributed by atoms with Gasteiger partial charge in [-0.25, -0.2) is 13.2 Å². The van der Waals surface area contributed by atoms with Crippen LogP contribution in [0.2, 0.25) is 0 Å². The van der Waals surface area contributed by atoms with Crippen LogP contribution in [-0.4, -0.2) is 13.4 Å². The zero-order valence-electron chi connectivity index (χ0n) is 12.0. The van der Waals surface area contributed by atoms with Crippen LogP contribution in [0.1, 0.15) is 11.1 Å². The minimum absolute atomic E-state index is 0.0528. The maximum Gasteiger partial charge on any atom is 0.417 e. The molecule has 1 aromatic heterocycles. The number of aromatic nitrogens is 1. The summed E-state index contributed by atoms with van der Waals surface area (Å²) in [6.07, 6.45) is 0. The normalized spacial score (nSPS) is 11.7. The van der Waals surface area contributed by atoms with Crippen molar-refractivity contribution in [1.29, 1.82) is 0 Å². The third-order valence-corrected chi connectivity index (χ3v) is 4.69. The van der Waals surface area contributed by atoms with Crippen molar-refractivity contribution in [3.05, 3.63) is 58.1 Å². The molecule has 3 aromatic rings. The van der Waals surface area contributed by atoms with Crippen LogP contribution in [0.15, 0.2) is 50.5 Å². The summed E-state index contributed by atoms with van der Waals surface area (Å²) in [6.45, 7) is 3.77. The molecule has 0 aliphatic carbocycles. The molecule has 0 aliphatic heterocycles. The number of H-pyrrole nitrogens is 1. The SMILES string of the molecule is Cc1ccc(NS(=O)(=O)c2ccc3oc(=O)[nH]c3c2)c(C)c1. The molecule has 0 saturated heterocycles. The quantitative estimate of drug-likeness (QED) is 0.776. The molecule has 2 aromatic carbocycles. The minimum Gasteiger partial charge on any atom is -0.408 e. The van der Waals surface area contributed by atoms with Crippen LogP contribution in [0, 0.1) is 13.8 Å². The number of rotatable bonds is 3. The molecular formula is C15H14N2O4S. The van der Waals surface area contributed by atoms with E-state index < -0.39 is 15.8 Å². The Morgan fingerprint density at radius 3 is 2.59 bits per heavy atom. The summed E-state index contributed by atoms with van der Waals surface area (Å²) in [7, 11) is -3.74. The molecule has 2 N–H and O–H groups in total. The Morgan fingerprint density at radius 2 is 1.86 bits per heavy atom. The van der Waals surface area contributed by atoms with E-state index in [0.717, 1.165) is 11.1 Å². The van der Waals surface area contributed by atoms with Crippen LogP contribution < -0.4 is 10.5 Å². The van der Waals surface area contributed by atoms with Gasteiger partial charge in [-0.3, -0.25) is 9.71 Å². The van der Waals surface area contributed by atoms with Crippen LogP contribution >= 0.6 is 0 Å². The summed E-state index contributed by atoms with van der Waals surface area (Å²) in [6, 6.07) is 9.66. The predicted molar refractivity (Wildman–Crippen MR) is 83.6 cm³/mol. The summed E-state index contributed by atoms with van der Waals surface area (Å²) in [5.41, 5.74) is 3.06. The van der Waals surface area contributed by atoms with Crippen molar-refractivity contribution in [2.24, 2.45) is 0 Å². The first kappa shape index (κ1) is 14.4. The van der Waals surface area contributed by atoms with Crippen molar-refractivity contribution in [2.75, 3.05) is 4.72 Å². The first-order chi connectivity index (χ1) is 10.3.